The number of aromatic nitrogens is 2. The lowest BCUT2D eigenvalue weighted by Gasteiger charge is -2.18. The molecule has 4 aromatic carbocycles. The maximum Gasteiger partial charge on any atom is 0.147 e. The van der Waals surface area contributed by atoms with E-state index in [-0.39, 0.29) is 17.6 Å². The van der Waals surface area contributed by atoms with E-state index in [2.05, 4.69) is 172 Å². The van der Waals surface area contributed by atoms with Gasteiger partial charge in [-0.2, -0.15) is 0 Å². The molecule has 0 saturated carbocycles. The standard InChI is InChI=1S/C49H48N2O/c1-7-50-45-21-17-35(25-37-15-11-9-13-31(37)3)27-41(45)43-29-39(19-23-47(43)50)33(5)49(52)34(6)40-20-24-48-44(30-40)42-28-36(18-22-46(42)51(48)8-2)26-38-16-12-10-14-32(38)4/h9-26,29-30,33-34H,7-8,27-28H2,1-6H3. The molecule has 0 amide bonds. The summed E-state index contributed by atoms with van der Waals surface area (Å²) in [6, 6.07) is 30.6. The predicted octanol–water partition coefficient (Wildman–Crippen LogP) is 12.0. The average Bonchev–Trinajstić information content (AvgIpc) is 3.66. The van der Waals surface area contributed by atoms with Gasteiger partial charge in [0.1, 0.15) is 5.78 Å². The Hall–Kier alpha value is -5.41. The Morgan fingerprint density at radius 1 is 0.615 bits per heavy atom. The van der Waals surface area contributed by atoms with Crippen molar-refractivity contribution in [2.24, 2.45) is 0 Å². The van der Waals surface area contributed by atoms with E-state index in [1.807, 2.05) is 0 Å². The van der Waals surface area contributed by atoms with E-state index in [0.29, 0.717) is 0 Å². The maximum absolute atomic E-state index is 14.3. The van der Waals surface area contributed by atoms with E-state index in [9.17, 15) is 4.79 Å². The number of fused-ring (bicyclic) bond motifs is 6. The van der Waals surface area contributed by atoms with Crippen LogP contribution in [0, 0.1) is 13.8 Å². The van der Waals surface area contributed by atoms with Gasteiger partial charge in [-0.3, -0.25) is 4.79 Å². The number of hydrogen-bond acceptors (Lipinski definition) is 1. The lowest BCUT2D eigenvalue weighted by atomic mass is 9.84. The van der Waals surface area contributed by atoms with Crippen LogP contribution in [-0.4, -0.2) is 14.9 Å². The van der Waals surface area contributed by atoms with Gasteiger partial charge >= 0.3 is 0 Å². The highest BCUT2D eigenvalue weighted by Crippen LogP contribution is 2.39. The highest BCUT2D eigenvalue weighted by Gasteiger charge is 2.27. The second-order valence-corrected chi connectivity index (χ2v) is 14.8. The van der Waals surface area contributed by atoms with Gasteiger partial charge in [-0.15, -0.1) is 0 Å². The molecule has 0 spiro atoms. The van der Waals surface area contributed by atoms with Crippen LogP contribution in [0.5, 0.6) is 0 Å². The number of hydrogen-bond donors (Lipinski definition) is 0. The number of carbonyl (C=O) groups excluding carboxylic acids is 1. The molecule has 3 nitrogen and oxygen atoms in total. The van der Waals surface area contributed by atoms with E-state index in [4.69, 9.17) is 0 Å². The van der Waals surface area contributed by atoms with Gasteiger partial charge in [0.2, 0.25) is 0 Å². The number of carbonyl (C=O) groups is 1. The van der Waals surface area contributed by atoms with Crippen LogP contribution in [0.4, 0.5) is 0 Å². The van der Waals surface area contributed by atoms with Crippen molar-refractivity contribution in [3.05, 3.63) is 164 Å². The van der Waals surface area contributed by atoms with Gasteiger partial charge in [-0.05, 0) is 120 Å². The lowest BCUT2D eigenvalue weighted by Crippen LogP contribution is -2.16. The molecule has 8 rings (SSSR count). The van der Waals surface area contributed by atoms with Crippen LogP contribution >= 0.6 is 0 Å². The Labute approximate surface area is 308 Å². The molecule has 0 radical (unpaired) electrons. The summed E-state index contributed by atoms with van der Waals surface area (Å²) in [6.07, 6.45) is 15.5. The van der Waals surface area contributed by atoms with Crippen molar-refractivity contribution in [1.82, 2.24) is 9.13 Å². The molecule has 2 unspecified atom stereocenters. The summed E-state index contributed by atoms with van der Waals surface area (Å²) in [5, 5.41) is 2.52. The van der Waals surface area contributed by atoms with Crippen LogP contribution in [0.25, 0.3) is 46.1 Å². The molecule has 260 valence electrons. The highest BCUT2D eigenvalue weighted by atomic mass is 16.1. The summed E-state index contributed by atoms with van der Waals surface area (Å²) in [5.74, 6) is -0.193. The second kappa shape index (κ2) is 13.6. The molecule has 0 N–H and O–H groups in total. The maximum atomic E-state index is 14.3. The van der Waals surface area contributed by atoms with Crippen molar-refractivity contribution >= 4 is 51.9 Å². The summed E-state index contributed by atoms with van der Waals surface area (Å²) in [4.78, 5) is 14.3. The molecule has 0 saturated heterocycles. The number of rotatable bonds is 8. The van der Waals surface area contributed by atoms with E-state index in [1.54, 1.807) is 0 Å². The van der Waals surface area contributed by atoms with Gasteiger partial charge in [-0.25, -0.2) is 0 Å². The molecule has 0 aliphatic heterocycles. The third kappa shape index (κ3) is 5.83. The smallest absolute Gasteiger partial charge is 0.147 e. The van der Waals surface area contributed by atoms with Crippen molar-refractivity contribution < 1.29 is 4.79 Å². The molecule has 0 fully saturated rings. The van der Waals surface area contributed by atoms with Crippen LogP contribution in [0.2, 0.25) is 0 Å². The van der Waals surface area contributed by atoms with E-state index < -0.39 is 0 Å². The largest absolute Gasteiger partial charge is 0.341 e. The topological polar surface area (TPSA) is 26.9 Å². The Kier molecular flexibility index (Phi) is 8.83. The van der Waals surface area contributed by atoms with E-state index >= 15 is 0 Å². The van der Waals surface area contributed by atoms with Gasteiger partial charge in [0.25, 0.3) is 0 Å². The quantitative estimate of drug-likeness (QED) is 0.157. The monoisotopic (exact) mass is 680 g/mol. The number of ketones is 1. The van der Waals surface area contributed by atoms with Crippen molar-refractivity contribution in [1.29, 1.82) is 0 Å². The zero-order valence-electron chi connectivity index (χ0n) is 31.3. The molecule has 0 bridgehead atoms. The average molecular weight is 681 g/mol. The molecular formula is C49H48N2O. The van der Waals surface area contributed by atoms with Crippen LogP contribution in [0.1, 0.15) is 95.4 Å². The first-order valence-corrected chi connectivity index (χ1v) is 19.0. The number of benzene rings is 4. The lowest BCUT2D eigenvalue weighted by molar-refractivity contribution is -0.121. The summed E-state index contributed by atoms with van der Waals surface area (Å²) in [7, 11) is 0. The SMILES string of the molecule is CCn1c2c(c3cc(C(C)C(=O)C(C)c4ccc5c(c4)c4c(n5CC)C=CC(=Cc5ccccc5C)C4)ccc31)CC(=Cc1ccccc1C)C=C2. The van der Waals surface area contributed by atoms with E-state index in [0.717, 1.165) is 37.1 Å². The summed E-state index contributed by atoms with van der Waals surface area (Å²) >= 11 is 0. The fourth-order valence-corrected chi connectivity index (χ4v) is 8.59. The number of allylic oxidation sites excluding steroid dienone is 4. The molecule has 2 aromatic heterocycles. The first-order valence-electron chi connectivity index (χ1n) is 19.0. The first kappa shape index (κ1) is 33.7. The van der Waals surface area contributed by atoms with Crippen molar-refractivity contribution in [3.8, 4) is 0 Å². The van der Waals surface area contributed by atoms with Crippen LogP contribution < -0.4 is 0 Å². The van der Waals surface area contributed by atoms with Crippen molar-refractivity contribution in [2.75, 3.05) is 0 Å². The normalized spacial score (nSPS) is 16.5. The van der Waals surface area contributed by atoms with Gasteiger partial charge in [0.05, 0.1) is 0 Å². The van der Waals surface area contributed by atoms with Gasteiger partial charge < -0.3 is 9.13 Å². The fourth-order valence-electron chi connectivity index (χ4n) is 8.59. The van der Waals surface area contributed by atoms with Gasteiger partial charge in [0, 0.05) is 71.0 Å². The van der Waals surface area contributed by atoms with Crippen LogP contribution in [0.15, 0.2) is 108 Å². The van der Waals surface area contributed by atoms with E-state index in [1.165, 1.54) is 77.7 Å². The van der Waals surface area contributed by atoms with Crippen LogP contribution in [0.3, 0.4) is 0 Å². The highest BCUT2D eigenvalue weighted by molar-refractivity contribution is 5.97. The van der Waals surface area contributed by atoms with Gasteiger partial charge in [-0.1, -0.05) is 98.8 Å². The van der Waals surface area contributed by atoms with Crippen LogP contribution in [-0.2, 0) is 30.7 Å². The minimum absolute atomic E-state index is 0.224. The Morgan fingerprint density at radius 3 is 1.44 bits per heavy atom. The van der Waals surface area contributed by atoms with Crippen molar-refractivity contribution in [2.45, 2.75) is 79.3 Å². The molecule has 2 aliphatic rings. The summed E-state index contributed by atoms with van der Waals surface area (Å²) in [6.45, 7) is 14.8. The Bertz CT molecular complexity index is 2330. The first-order chi connectivity index (χ1) is 25.2. The number of aryl methyl sites for hydroxylation is 4. The second-order valence-electron chi connectivity index (χ2n) is 14.8. The Morgan fingerprint density at radius 2 is 1.04 bits per heavy atom. The van der Waals surface area contributed by atoms with Crippen molar-refractivity contribution in [3.63, 3.8) is 0 Å². The minimum atomic E-state index is -0.224. The zero-order valence-corrected chi connectivity index (χ0v) is 31.3. The number of Topliss-reactive ketones (excluding diaryl/α,β-unsaturated/α-hetero) is 1. The predicted molar refractivity (Wildman–Crippen MR) is 221 cm³/mol. The minimum Gasteiger partial charge on any atom is -0.341 e. The molecule has 3 heteroatoms. The molecule has 2 atom stereocenters. The summed E-state index contributed by atoms with van der Waals surface area (Å²) < 4.78 is 4.83. The molecular weight excluding hydrogens is 633 g/mol. The third-order valence-electron chi connectivity index (χ3n) is 11.7. The van der Waals surface area contributed by atoms with Gasteiger partial charge in [0.15, 0.2) is 0 Å². The number of nitrogens with zero attached hydrogens (tertiary/aromatic N) is 2. The summed E-state index contributed by atoms with van der Waals surface area (Å²) in [5.41, 5.74) is 17.7. The molecule has 2 heterocycles. The molecule has 52 heavy (non-hydrogen) atoms. The fraction of sp³-hybridized carbons (Fsp3) is 0.245. The molecule has 2 aliphatic carbocycles. The third-order valence-corrected chi connectivity index (χ3v) is 11.7. The Balaban J connectivity index is 1.10. The zero-order chi connectivity index (χ0) is 36.1. The molecule has 6 aromatic rings.